The van der Waals surface area contributed by atoms with E-state index in [0.29, 0.717) is 16.9 Å². The summed E-state index contributed by atoms with van der Waals surface area (Å²) in [6.07, 6.45) is 0.663. The molecule has 0 aliphatic carbocycles. The highest BCUT2D eigenvalue weighted by Gasteiger charge is 2.11. The van der Waals surface area contributed by atoms with Gasteiger partial charge in [0.15, 0.2) is 6.29 Å². The van der Waals surface area contributed by atoms with Crippen LogP contribution in [0.15, 0.2) is 35.7 Å². The number of hydrogen-bond donors (Lipinski definition) is 1. The summed E-state index contributed by atoms with van der Waals surface area (Å²) >= 11 is 1.22. The third-order valence-corrected chi connectivity index (χ3v) is 3.23. The fourth-order valence-corrected chi connectivity index (χ4v) is 2.10. The van der Waals surface area contributed by atoms with Gasteiger partial charge in [-0.3, -0.25) is 19.7 Å². The lowest BCUT2D eigenvalue weighted by atomic mass is 10.2. The average Bonchev–Trinajstić information content (AvgIpc) is 2.86. The second kappa shape index (κ2) is 5.40. The SMILES string of the molecule is O=Cc1sccc1NC(=O)c1ccc([N+](=O)[O-])cc1. The molecular weight excluding hydrogens is 268 g/mol. The van der Waals surface area contributed by atoms with Crippen LogP contribution >= 0.6 is 11.3 Å². The molecule has 2 aromatic rings. The van der Waals surface area contributed by atoms with E-state index in [4.69, 9.17) is 0 Å². The standard InChI is InChI=1S/C12H8N2O4S/c15-7-11-10(5-6-19-11)13-12(16)8-1-3-9(4-2-8)14(17)18/h1-7H,(H,13,16). The van der Waals surface area contributed by atoms with Gasteiger partial charge < -0.3 is 5.32 Å². The van der Waals surface area contributed by atoms with Crippen LogP contribution in [0.5, 0.6) is 0 Å². The number of thiophene rings is 1. The number of amides is 1. The Kier molecular flexibility index (Phi) is 3.67. The molecule has 0 aliphatic heterocycles. The first kappa shape index (κ1) is 12.9. The molecule has 1 aromatic carbocycles. The molecule has 0 unspecified atom stereocenters. The van der Waals surface area contributed by atoms with Crippen LogP contribution in [0.2, 0.25) is 0 Å². The first-order valence-electron chi connectivity index (χ1n) is 5.20. The molecule has 19 heavy (non-hydrogen) atoms. The number of carbonyl (C=O) groups is 2. The molecule has 2 rings (SSSR count). The summed E-state index contributed by atoms with van der Waals surface area (Å²) in [5, 5.41) is 14.8. The van der Waals surface area contributed by atoms with Crippen molar-refractivity contribution < 1.29 is 14.5 Å². The highest BCUT2D eigenvalue weighted by Crippen LogP contribution is 2.21. The minimum atomic E-state index is -0.537. The monoisotopic (exact) mass is 276 g/mol. The van der Waals surface area contributed by atoms with Crippen LogP contribution in [-0.4, -0.2) is 17.1 Å². The smallest absolute Gasteiger partial charge is 0.269 e. The average molecular weight is 276 g/mol. The van der Waals surface area contributed by atoms with Crippen molar-refractivity contribution in [3.63, 3.8) is 0 Å². The van der Waals surface area contributed by atoms with Gasteiger partial charge in [0, 0.05) is 17.7 Å². The van der Waals surface area contributed by atoms with E-state index in [9.17, 15) is 19.7 Å². The molecule has 1 amide bonds. The van der Waals surface area contributed by atoms with E-state index in [1.165, 1.54) is 35.6 Å². The quantitative estimate of drug-likeness (QED) is 0.528. The molecule has 0 saturated heterocycles. The van der Waals surface area contributed by atoms with Gasteiger partial charge in [-0.1, -0.05) is 0 Å². The van der Waals surface area contributed by atoms with Crippen LogP contribution in [-0.2, 0) is 0 Å². The van der Waals surface area contributed by atoms with Crippen LogP contribution in [0, 0.1) is 10.1 Å². The topological polar surface area (TPSA) is 89.3 Å². The first-order chi connectivity index (χ1) is 9.11. The first-order valence-corrected chi connectivity index (χ1v) is 6.08. The summed E-state index contributed by atoms with van der Waals surface area (Å²) in [5.74, 6) is -0.420. The predicted octanol–water partition coefficient (Wildman–Crippen LogP) is 2.72. The van der Waals surface area contributed by atoms with Gasteiger partial charge in [0.25, 0.3) is 11.6 Å². The summed E-state index contributed by atoms with van der Waals surface area (Å²) in [5.41, 5.74) is 0.637. The number of benzene rings is 1. The Balaban J connectivity index is 2.16. The molecule has 0 saturated carbocycles. The summed E-state index contributed by atoms with van der Waals surface area (Å²) in [7, 11) is 0. The van der Waals surface area contributed by atoms with E-state index < -0.39 is 10.8 Å². The number of aldehydes is 1. The summed E-state index contributed by atoms with van der Waals surface area (Å²) < 4.78 is 0. The number of hydrogen-bond acceptors (Lipinski definition) is 5. The Morgan fingerprint density at radius 3 is 2.53 bits per heavy atom. The fourth-order valence-electron chi connectivity index (χ4n) is 1.44. The number of nitrogens with zero attached hydrogens (tertiary/aromatic N) is 1. The van der Waals surface area contributed by atoms with Gasteiger partial charge in [0.2, 0.25) is 0 Å². The lowest BCUT2D eigenvalue weighted by molar-refractivity contribution is -0.384. The second-order valence-corrected chi connectivity index (χ2v) is 4.52. The van der Waals surface area contributed by atoms with E-state index in [-0.39, 0.29) is 11.3 Å². The Morgan fingerprint density at radius 1 is 1.26 bits per heavy atom. The van der Waals surface area contributed by atoms with E-state index in [1.54, 1.807) is 11.4 Å². The van der Waals surface area contributed by atoms with Crippen LogP contribution in [0.25, 0.3) is 0 Å². The summed E-state index contributed by atoms with van der Waals surface area (Å²) in [6.45, 7) is 0. The van der Waals surface area contributed by atoms with Crippen LogP contribution in [0.4, 0.5) is 11.4 Å². The number of nitro benzene ring substituents is 1. The van der Waals surface area contributed by atoms with Crippen molar-refractivity contribution in [1.29, 1.82) is 0 Å². The molecule has 1 N–H and O–H groups in total. The molecule has 96 valence electrons. The Hall–Kier alpha value is -2.54. The third-order valence-electron chi connectivity index (χ3n) is 2.39. The zero-order chi connectivity index (χ0) is 13.8. The molecule has 6 nitrogen and oxygen atoms in total. The van der Waals surface area contributed by atoms with Gasteiger partial charge in [-0.25, -0.2) is 0 Å². The van der Waals surface area contributed by atoms with Crippen molar-refractivity contribution in [2.75, 3.05) is 5.32 Å². The van der Waals surface area contributed by atoms with Crippen molar-refractivity contribution in [2.45, 2.75) is 0 Å². The molecule has 7 heteroatoms. The maximum absolute atomic E-state index is 11.9. The Morgan fingerprint density at radius 2 is 1.95 bits per heavy atom. The highest BCUT2D eigenvalue weighted by atomic mass is 32.1. The highest BCUT2D eigenvalue weighted by molar-refractivity contribution is 7.12. The minimum absolute atomic E-state index is 0.0827. The predicted molar refractivity (Wildman–Crippen MR) is 70.8 cm³/mol. The molecule has 1 heterocycles. The second-order valence-electron chi connectivity index (χ2n) is 3.57. The van der Waals surface area contributed by atoms with Crippen LogP contribution in [0.3, 0.4) is 0 Å². The molecular formula is C12H8N2O4S. The number of nitro groups is 1. The molecule has 0 aliphatic rings. The zero-order valence-electron chi connectivity index (χ0n) is 9.53. The molecule has 0 bridgehead atoms. The van der Waals surface area contributed by atoms with Gasteiger partial charge in [0.05, 0.1) is 15.5 Å². The number of non-ortho nitro benzene ring substituents is 1. The van der Waals surface area contributed by atoms with Crippen molar-refractivity contribution >= 4 is 34.9 Å². The van der Waals surface area contributed by atoms with Crippen molar-refractivity contribution in [3.8, 4) is 0 Å². The van der Waals surface area contributed by atoms with Gasteiger partial charge in [-0.2, -0.15) is 0 Å². The molecule has 1 aromatic heterocycles. The van der Waals surface area contributed by atoms with Crippen molar-refractivity contribution in [2.24, 2.45) is 0 Å². The van der Waals surface area contributed by atoms with E-state index >= 15 is 0 Å². The maximum atomic E-state index is 11.9. The lowest BCUT2D eigenvalue weighted by Gasteiger charge is -2.03. The van der Waals surface area contributed by atoms with Gasteiger partial charge in [0.1, 0.15) is 0 Å². The third kappa shape index (κ3) is 2.83. The minimum Gasteiger partial charge on any atom is -0.321 e. The maximum Gasteiger partial charge on any atom is 0.269 e. The lowest BCUT2D eigenvalue weighted by Crippen LogP contribution is -2.12. The van der Waals surface area contributed by atoms with Crippen molar-refractivity contribution in [1.82, 2.24) is 0 Å². The number of anilines is 1. The van der Waals surface area contributed by atoms with E-state index in [2.05, 4.69) is 5.32 Å². The molecule has 0 atom stereocenters. The van der Waals surface area contributed by atoms with Crippen molar-refractivity contribution in [3.05, 3.63) is 56.3 Å². The normalized spacial score (nSPS) is 9.89. The zero-order valence-corrected chi connectivity index (χ0v) is 10.3. The number of rotatable bonds is 4. The van der Waals surface area contributed by atoms with E-state index in [0.717, 1.165) is 0 Å². The summed E-state index contributed by atoms with van der Waals surface area (Å²) in [6, 6.07) is 6.85. The van der Waals surface area contributed by atoms with Crippen LogP contribution in [0.1, 0.15) is 20.0 Å². The largest absolute Gasteiger partial charge is 0.321 e. The number of carbonyl (C=O) groups excluding carboxylic acids is 2. The Labute approximate surface area is 111 Å². The van der Waals surface area contributed by atoms with E-state index in [1.807, 2.05) is 0 Å². The Bertz CT molecular complexity index is 633. The fraction of sp³-hybridized carbons (Fsp3) is 0. The van der Waals surface area contributed by atoms with Gasteiger partial charge >= 0.3 is 0 Å². The molecule has 0 radical (unpaired) electrons. The molecule has 0 spiro atoms. The number of nitrogens with one attached hydrogen (secondary N) is 1. The van der Waals surface area contributed by atoms with Crippen LogP contribution < -0.4 is 5.32 Å². The molecule has 0 fully saturated rings. The van der Waals surface area contributed by atoms with Gasteiger partial charge in [-0.05, 0) is 23.6 Å². The summed E-state index contributed by atoms with van der Waals surface area (Å²) in [4.78, 5) is 33.0. The van der Waals surface area contributed by atoms with Gasteiger partial charge in [-0.15, -0.1) is 11.3 Å².